The number of aliphatic imine (C=N–C) groups is 2. The molecule has 1 aromatic heterocycles. The fourth-order valence-electron chi connectivity index (χ4n) is 3.04. The minimum Gasteiger partial charge on any atom is -0.338 e. The van der Waals surface area contributed by atoms with Crippen LogP contribution in [-0.4, -0.2) is 39.9 Å². The molecule has 2 N–H and O–H groups in total. The molecule has 0 saturated heterocycles. The van der Waals surface area contributed by atoms with E-state index in [1.165, 1.54) is 4.68 Å². The Morgan fingerprint density at radius 2 is 2.12 bits per heavy atom. The van der Waals surface area contributed by atoms with Crippen molar-refractivity contribution in [2.75, 3.05) is 11.9 Å². The number of hydrogen-bond acceptors (Lipinski definition) is 4. The SMILES string of the molecule is CCCNC(=O)Nc1cc(C(C)(C)C)nn1C1=NC(=O)C2CCCC2=N1. The molecule has 2 aliphatic rings. The molecule has 140 valence electrons. The highest BCUT2D eigenvalue weighted by atomic mass is 16.2. The molecule has 26 heavy (non-hydrogen) atoms. The summed E-state index contributed by atoms with van der Waals surface area (Å²) >= 11 is 0. The first kappa shape index (κ1) is 18.3. The lowest BCUT2D eigenvalue weighted by Gasteiger charge is -2.16. The summed E-state index contributed by atoms with van der Waals surface area (Å²) in [6.45, 7) is 8.67. The number of carbonyl (C=O) groups excluding carboxylic acids is 2. The van der Waals surface area contributed by atoms with Gasteiger partial charge < -0.3 is 5.32 Å². The minimum absolute atomic E-state index is 0.170. The van der Waals surface area contributed by atoms with Crippen molar-refractivity contribution in [1.82, 2.24) is 15.1 Å². The molecule has 8 nitrogen and oxygen atoms in total. The largest absolute Gasteiger partial charge is 0.338 e. The molecule has 1 aliphatic heterocycles. The number of anilines is 1. The number of urea groups is 1. The van der Waals surface area contributed by atoms with Crippen molar-refractivity contribution in [2.24, 2.45) is 15.9 Å². The van der Waals surface area contributed by atoms with Gasteiger partial charge in [-0.2, -0.15) is 14.8 Å². The molecule has 1 saturated carbocycles. The molecule has 3 rings (SSSR count). The van der Waals surface area contributed by atoms with Gasteiger partial charge in [0.05, 0.1) is 11.6 Å². The third kappa shape index (κ3) is 3.68. The Balaban J connectivity index is 1.96. The zero-order valence-electron chi connectivity index (χ0n) is 15.8. The van der Waals surface area contributed by atoms with E-state index in [9.17, 15) is 9.59 Å². The Morgan fingerprint density at radius 3 is 2.81 bits per heavy atom. The van der Waals surface area contributed by atoms with Crippen LogP contribution < -0.4 is 10.6 Å². The van der Waals surface area contributed by atoms with Crippen LogP contribution in [-0.2, 0) is 10.2 Å². The van der Waals surface area contributed by atoms with Gasteiger partial charge in [-0.05, 0) is 25.7 Å². The van der Waals surface area contributed by atoms with Gasteiger partial charge in [0.25, 0.3) is 11.9 Å². The lowest BCUT2D eigenvalue weighted by Crippen LogP contribution is -2.32. The molecule has 2 heterocycles. The second kappa shape index (κ2) is 7.01. The number of nitrogens with one attached hydrogen (secondary N) is 2. The molecule has 0 bridgehead atoms. The zero-order chi connectivity index (χ0) is 18.9. The molecular weight excluding hydrogens is 332 g/mol. The van der Waals surface area contributed by atoms with E-state index in [4.69, 9.17) is 0 Å². The molecule has 3 amide bonds. The fourth-order valence-corrected chi connectivity index (χ4v) is 3.04. The van der Waals surface area contributed by atoms with Gasteiger partial charge in [0.15, 0.2) is 0 Å². The molecule has 0 spiro atoms. The Morgan fingerprint density at radius 1 is 1.35 bits per heavy atom. The van der Waals surface area contributed by atoms with Gasteiger partial charge in [0.1, 0.15) is 5.82 Å². The van der Waals surface area contributed by atoms with E-state index in [1.54, 1.807) is 6.07 Å². The maximum absolute atomic E-state index is 12.3. The third-order valence-corrected chi connectivity index (χ3v) is 4.52. The van der Waals surface area contributed by atoms with E-state index >= 15 is 0 Å². The van der Waals surface area contributed by atoms with Crippen molar-refractivity contribution in [3.63, 3.8) is 0 Å². The predicted molar refractivity (Wildman–Crippen MR) is 101 cm³/mol. The molecule has 0 aromatic carbocycles. The molecular formula is C18H26N6O2. The van der Waals surface area contributed by atoms with Crippen LogP contribution in [0.1, 0.15) is 59.1 Å². The molecule has 1 unspecified atom stereocenters. The number of rotatable bonds is 3. The van der Waals surface area contributed by atoms with Crippen LogP contribution >= 0.6 is 0 Å². The Hall–Kier alpha value is -2.51. The van der Waals surface area contributed by atoms with E-state index in [-0.39, 0.29) is 29.2 Å². The molecule has 1 aliphatic carbocycles. The summed E-state index contributed by atoms with van der Waals surface area (Å²) in [7, 11) is 0. The van der Waals surface area contributed by atoms with Crippen LogP contribution in [0.5, 0.6) is 0 Å². The molecule has 1 aromatic rings. The second-order valence-electron chi connectivity index (χ2n) is 7.76. The van der Waals surface area contributed by atoms with Gasteiger partial charge in [-0.3, -0.25) is 10.1 Å². The molecule has 1 atom stereocenters. The molecule has 1 fully saturated rings. The Kier molecular flexibility index (Phi) is 4.93. The van der Waals surface area contributed by atoms with Crippen LogP contribution in [0.4, 0.5) is 10.6 Å². The first-order chi connectivity index (χ1) is 12.3. The summed E-state index contributed by atoms with van der Waals surface area (Å²) in [5.41, 5.74) is 1.44. The smallest absolute Gasteiger partial charge is 0.320 e. The summed E-state index contributed by atoms with van der Waals surface area (Å²) in [6.07, 6.45) is 3.42. The number of aromatic nitrogens is 2. The third-order valence-electron chi connectivity index (χ3n) is 4.52. The summed E-state index contributed by atoms with van der Waals surface area (Å²) in [5, 5.41) is 10.1. The quantitative estimate of drug-likeness (QED) is 0.868. The molecule has 0 radical (unpaired) electrons. The first-order valence-corrected chi connectivity index (χ1v) is 9.15. The van der Waals surface area contributed by atoms with Crippen molar-refractivity contribution in [2.45, 2.75) is 58.8 Å². The predicted octanol–water partition coefficient (Wildman–Crippen LogP) is 2.70. The second-order valence-corrected chi connectivity index (χ2v) is 7.76. The maximum atomic E-state index is 12.3. The summed E-state index contributed by atoms with van der Waals surface area (Å²) < 4.78 is 1.46. The number of amides is 3. The standard InChI is InChI=1S/C18H26N6O2/c1-5-9-19-17(26)21-14-10-13(18(2,3)4)23-24(14)16-20-12-8-6-7-11(12)15(25)22-16/h10-11H,5-9H2,1-4H3,(H2,19,21,26). The normalized spacial score (nSPS) is 19.7. The van der Waals surface area contributed by atoms with Crippen molar-refractivity contribution in [3.05, 3.63) is 11.8 Å². The van der Waals surface area contributed by atoms with Gasteiger partial charge >= 0.3 is 6.03 Å². The van der Waals surface area contributed by atoms with Crippen LogP contribution in [0.25, 0.3) is 0 Å². The number of hydrogen-bond donors (Lipinski definition) is 2. The summed E-state index contributed by atoms with van der Waals surface area (Å²) in [4.78, 5) is 33.1. The van der Waals surface area contributed by atoms with Crippen LogP contribution in [0.2, 0.25) is 0 Å². The fraction of sp³-hybridized carbons (Fsp3) is 0.611. The van der Waals surface area contributed by atoms with E-state index in [1.807, 2.05) is 27.7 Å². The summed E-state index contributed by atoms with van der Waals surface area (Å²) in [5.74, 6) is 0.331. The number of fused-ring (bicyclic) bond motifs is 1. The lowest BCUT2D eigenvalue weighted by molar-refractivity contribution is -0.119. The molecule has 8 heteroatoms. The highest BCUT2D eigenvalue weighted by molar-refractivity contribution is 6.17. The van der Waals surface area contributed by atoms with Crippen molar-refractivity contribution >= 4 is 29.4 Å². The first-order valence-electron chi connectivity index (χ1n) is 9.15. The van der Waals surface area contributed by atoms with Crippen LogP contribution in [0, 0.1) is 5.92 Å². The van der Waals surface area contributed by atoms with E-state index in [2.05, 4.69) is 25.7 Å². The Labute approximate surface area is 153 Å². The van der Waals surface area contributed by atoms with Crippen LogP contribution in [0.3, 0.4) is 0 Å². The number of carbonyl (C=O) groups is 2. The minimum atomic E-state index is -0.317. The summed E-state index contributed by atoms with van der Waals surface area (Å²) in [6, 6.07) is 1.49. The van der Waals surface area contributed by atoms with E-state index in [0.717, 1.165) is 37.1 Å². The zero-order valence-corrected chi connectivity index (χ0v) is 15.8. The highest BCUT2D eigenvalue weighted by Gasteiger charge is 2.34. The maximum Gasteiger partial charge on any atom is 0.320 e. The van der Waals surface area contributed by atoms with Gasteiger partial charge in [0.2, 0.25) is 0 Å². The van der Waals surface area contributed by atoms with Crippen molar-refractivity contribution < 1.29 is 9.59 Å². The van der Waals surface area contributed by atoms with Crippen molar-refractivity contribution in [3.8, 4) is 0 Å². The lowest BCUT2D eigenvalue weighted by atomic mass is 9.92. The number of nitrogens with zero attached hydrogens (tertiary/aromatic N) is 4. The average molecular weight is 358 g/mol. The monoisotopic (exact) mass is 358 g/mol. The van der Waals surface area contributed by atoms with Gasteiger partial charge in [-0.1, -0.05) is 27.7 Å². The average Bonchev–Trinajstić information content (AvgIpc) is 3.19. The van der Waals surface area contributed by atoms with Crippen molar-refractivity contribution in [1.29, 1.82) is 0 Å². The van der Waals surface area contributed by atoms with E-state index < -0.39 is 0 Å². The highest BCUT2D eigenvalue weighted by Crippen LogP contribution is 2.29. The van der Waals surface area contributed by atoms with Gasteiger partial charge in [-0.15, -0.1) is 0 Å². The topological polar surface area (TPSA) is 101 Å². The van der Waals surface area contributed by atoms with Crippen LogP contribution in [0.15, 0.2) is 16.1 Å². The van der Waals surface area contributed by atoms with E-state index in [0.29, 0.717) is 12.4 Å². The Bertz CT molecular complexity index is 784. The van der Waals surface area contributed by atoms with Gasteiger partial charge in [-0.25, -0.2) is 9.79 Å². The van der Waals surface area contributed by atoms with Gasteiger partial charge in [0, 0.05) is 23.7 Å².